The molecule has 3 aromatic carbocycles. The van der Waals surface area contributed by atoms with E-state index in [1.54, 1.807) is 137 Å². The molecule has 0 fully saturated rings. The van der Waals surface area contributed by atoms with E-state index in [9.17, 15) is 34.8 Å². The minimum atomic E-state index is -3.78. The molecule has 0 aliphatic carbocycles. The molecule has 0 spiro atoms. The number of pyridine rings is 1. The Morgan fingerprint density at radius 2 is 0.973 bits per heavy atom. The summed E-state index contributed by atoms with van der Waals surface area (Å²) in [5.41, 5.74) is 2.91. The molecule has 396 valence electrons. The predicted octanol–water partition coefficient (Wildman–Crippen LogP) is 11.6. The number of carbonyl (C=O) groups excluding carboxylic acids is 2. The van der Waals surface area contributed by atoms with Crippen LogP contribution in [0.15, 0.2) is 128 Å². The van der Waals surface area contributed by atoms with Crippen LogP contribution in [0.3, 0.4) is 0 Å². The summed E-state index contributed by atoms with van der Waals surface area (Å²) in [6, 6.07) is 23.1. The highest BCUT2D eigenvalue weighted by molar-refractivity contribution is 7.93. The highest BCUT2D eigenvalue weighted by Gasteiger charge is 2.24. The van der Waals surface area contributed by atoms with Crippen molar-refractivity contribution in [3.05, 3.63) is 160 Å². The molecule has 0 radical (unpaired) electrons. The standard InChI is InChI=1S/C18H17ClN2O3S2.C17H21ClN2O3S2.C15H17ClN2O3S2/c1-13-15(19)5-2-6-18(13)26(22,23)21-16-8-11-25-17(16)7-10-24-14-4-3-9-20-12-14;1-11(2)20(4)17(21)10-15-14(8-9-24-15)19-25(22,23)16-7-5-6-13(18)12(16)3;1-10-11(16)5-4-6-14(10)23(20,21)17-12-7-8-22-13(12)9-15(19)18(2)3/h2-6,8-9,11-12,21H,7,10H2,1H3;5-9,11,19H,10H2,1-4H3;4-8,17H,9H2,1-3H3. The molecule has 4 heterocycles. The van der Waals surface area contributed by atoms with Gasteiger partial charge in [-0.05, 0) is 134 Å². The minimum absolute atomic E-state index is 0.0585. The number of sulfonamides is 3. The number of halogens is 3. The van der Waals surface area contributed by atoms with E-state index in [0.717, 1.165) is 4.88 Å². The van der Waals surface area contributed by atoms with Gasteiger partial charge in [0.1, 0.15) is 5.75 Å². The number of thiophene rings is 3. The van der Waals surface area contributed by atoms with Crippen molar-refractivity contribution in [1.82, 2.24) is 14.8 Å². The number of rotatable bonds is 18. The number of nitrogens with zero attached hydrogens (tertiary/aromatic N) is 3. The first-order chi connectivity index (χ1) is 34.8. The van der Waals surface area contributed by atoms with E-state index < -0.39 is 30.1 Å². The topological polar surface area (TPSA) is 201 Å². The number of hydrogen-bond donors (Lipinski definition) is 3. The molecule has 0 saturated carbocycles. The molecule has 0 aliphatic heterocycles. The molecule has 0 unspecified atom stereocenters. The Morgan fingerprint density at radius 3 is 1.35 bits per heavy atom. The van der Waals surface area contributed by atoms with Gasteiger partial charge in [-0.1, -0.05) is 53.0 Å². The van der Waals surface area contributed by atoms with Crippen molar-refractivity contribution in [3.8, 4) is 5.75 Å². The fourth-order valence-electron chi connectivity index (χ4n) is 6.54. The Kier molecular flexibility index (Phi) is 21.4. The van der Waals surface area contributed by atoms with Crippen LogP contribution >= 0.6 is 68.8 Å². The van der Waals surface area contributed by atoms with Crippen molar-refractivity contribution in [3.63, 3.8) is 0 Å². The predicted molar refractivity (Wildman–Crippen MR) is 301 cm³/mol. The molecular formula is C50H55Cl3N6O9S6. The third-order valence-electron chi connectivity index (χ3n) is 11.0. The maximum absolute atomic E-state index is 12.7. The summed E-state index contributed by atoms with van der Waals surface area (Å²) in [7, 11) is -6.21. The van der Waals surface area contributed by atoms with Gasteiger partial charge in [0, 0.05) is 69.5 Å². The Labute approximate surface area is 460 Å². The van der Waals surface area contributed by atoms with Crippen LogP contribution in [-0.4, -0.2) is 85.6 Å². The van der Waals surface area contributed by atoms with Crippen LogP contribution in [0.1, 0.15) is 45.2 Å². The number of likely N-dealkylation sites (N-methyl/N-ethyl adjacent to an activating group) is 2. The lowest BCUT2D eigenvalue weighted by Crippen LogP contribution is -2.34. The summed E-state index contributed by atoms with van der Waals surface area (Å²) < 4.78 is 89.4. The van der Waals surface area contributed by atoms with Crippen LogP contribution in [0.25, 0.3) is 0 Å². The van der Waals surface area contributed by atoms with Gasteiger partial charge in [-0.2, -0.15) is 0 Å². The van der Waals surface area contributed by atoms with E-state index in [0.29, 0.717) is 77.4 Å². The maximum Gasteiger partial charge on any atom is 0.262 e. The fraction of sp³-hybridized carbons (Fsp3) is 0.260. The highest BCUT2D eigenvalue weighted by atomic mass is 35.5. The summed E-state index contributed by atoms with van der Waals surface area (Å²) in [5, 5.41) is 6.57. The van der Waals surface area contributed by atoms with Crippen LogP contribution in [0.2, 0.25) is 15.1 Å². The van der Waals surface area contributed by atoms with Gasteiger partial charge in [0.25, 0.3) is 30.1 Å². The SMILES string of the molecule is Cc1c(Cl)cccc1S(=O)(=O)Nc1ccsc1CC(=O)N(C)C.Cc1c(Cl)cccc1S(=O)(=O)Nc1ccsc1CC(=O)N(C)C(C)C.Cc1c(Cl)cccc1S(=O)(=O)Nc1ccsc1CCOc1cccnc1. The average Bonchev–Trinajstić information content (AvgIpc) is 4.10. The van der Waals surface area contributed by atoms with Crippen LogP contribution in [0, 0.1) is 20.8 Å². The number of hydrogen-bond acceptors (Lipinski definition) is 13. The van der Waals surface area contributed by atoms with Crippen molar-refractivity contribution in [2.75, 3.05) is 41.9 Å². The first-order valence-electron chi connectivity index (χ1n) is 22.3. The summed E-state index contributed by atoms with van der Waals surface area (Å²) in [5.74, 6) is 0.532. The van der Waals surface area contributed by atoms with Gasteiger partial charge < -0.3 is 14.5 Å². The summed E-state index contributed by atoms with van der Waals surface area (Å²) in [6.45, 7) is 9.29. The van der Waals surface area contributed by atoms with E-state index in [1.807, 2.05) is 25.3 Å². The molecule has 0 atom stereocenters. The second-order valence-corrected chi connectivity index (χ2v) is 25.9. The Morgan fingerprint density at radius 1 is 0.581 bits per heavy atom. The van der Waals surface area contributed by atoms with Gasteiger partial charge >= 0.3 is 0 Å². The number of carbonyl (C=O) groups is 2. The van der Waals surface area contributed by atoms with E-state index in [-0.39, 0.29) is 45.4 Å². The third-order valence-corrected chi connectivity index (χ3v) is 19.6. The first kappa shape index (κ1) is 59.6. The molecule has 0 bridgehead atoms. The zero-order valence-corrected chi connectivity index (χ0v) is 48.6. The largest absolute Gasteiger partial charge is 0.492 e. The lowest BCUT2D eigenvalue weighted by atomic mass is 10.2. The zero-order valence-electron chi connectivity index (χ0n) is 41.5. The van der Waals surface area contributed by atoms with Gasteiger partial charge in [-0.15, -0.1) is 34.0 Å². The van der Waals surface area contributed by atoms with Crippen molar-refractivity contribution in [2.45, 2.75) is 74.6 Å². The Balaban J connectivity index is 0.000000206. The number of amides is 2. The van der Waals surface area contributed by atoms with E-state index >= 15 is 0 Å². The van der Waals surface area contributed by atoms with Gasteiger partial charge in [-0.3, -0.25) is 28.7 Å². The number of nitrogens with one attached hydrogen (secondary N) is 3. The molecule has 3 N–H and O–H groups in total. The summed E-state index contributed by atoms with van der Waals surface area (Å²) in [4.78, 5) is 33.9. The highest BCUT2D eigenvalue weighted by Crippen LogP contribution is 2.32. The third kappa shape index (κ3) is 16.1. The van der Waals surface area contributed by atoms with Crippen LogP contribution in [0.4, 0.5) is 17.1 Å². The van der Waals surface area contributed by atoms with Crippen molar-refractivity contribution in [1.29, 1.82) is 0 Å². The Hall–Kier alpha value is -5.23. The van der Waals surface area contributed by atoms with Crippen LogP contribution < -0.4 is 18.9 Å². The average molecular weight is 1180 g/mol. The van der Waals surface area contributed by atoms with E-state index in [4.69, 9.17) is 39.5 Å². The monoisotopic (exact) mass is 1180 g/mol. The minimum Gasteiger partial charge on any atom is -0.492 e. The fourth-order valence-corrected chi connectivity index (χ4v) is 14.0. The van der Waals surface area contributed by atoms with Crippen LogP contribution in [-0.2, 0) is 58.9 Å². The second-order valence-electron chi connectivity index (χ2n) is 16.7. The quantitative estimate of drug-likeness (QED) is 0.0742. The lowest BCUT2D eigenvalue weighted by molar-refractivity contribution is -0.130. The number of anilines is 3. The summed E-state index contributed by atoms with van der Waals surface area (Å²) in [6.07, 6.45) is 4.20. The zero-order chi connectivity index (χ0) is 54.5. The molecule has 7 aromatic rings. The smallest absolute Gasteiger partial charge is 0.262 e. The first-order valence-corrected chi connectivity index (χ1v) is 30.6. The molecule has 0 aliphatic rings. The molecular weight excluding hydrogens is 1130 g/mol. The molecule has 15 nitrogen and oxygen atoms in total. The van der Waals surface area contributed by atoms with Gasteiger partial charge in [0.05, 0.1) is 57.4 Å². The van der Waals surface area contributed by atoms with E-state index in [2.05, 4.69) is 19.2 Å². The van der Waals surface area contributed by atoms with Crippen molar-refractivity contribution >= 4 is 128 Å². The van der Waals surface area contributed by atoms with Gasteiger partial charge in [0.2, 0.25) is 11.8 Å². The summed E-state index contributed by atoms with van der Waals surface area (Å²) >= 11 is 22.2. The molecule has 74 heavy (non-hydrogen) atoms. The molecule has 24 heteroatoms. The molecule has 7 rings (SSSR count). The normalized spacial score (nSPS) is 11.4. The molecule has 2 amide bonds. The van der Waals surface area contributed by atoms with Crippen molar-refractivity contribution < 1.29 is 39.6 Å². The van der Waals surface area contributed by atoms with Gasteiger partial charge in [0.15, 0.2) is 0 Å². The molecule has 0 saturated heterocycles. The van der Waals surface area contributed by atoms with E-state index in [1.165, 1.54) is 51.0 Å². The lowest BCUT2D eigenvalue weighted by Gasteiger charge is -2.21. The maximum atomic E-state index is 12.7. The number of benzene rings is 3. The van der Waals surface area contributed by atoms with Crippen molar-refractivity contribution in [2.24, 2.45) is 0 Å². The number of aromatic nitrogens is 1. The van der Waals surface area contributed by atoms with Crippen LogP contribution in [0.5, 0.6) is 5.75 Å². The van der Waals surface area contributed by atoms with Gasteiger partial charge in [-0.25, -0.2) is 25.3 Å². The number of ether oxygens (including phenoxy) is 1. The second kappa shape index (κ2) is 26.5. The Bertz CT molecular complexity index is 3400. The molecule has 4 aromatic heterocycles.